The van der Waals surface area contributed by atoms with Gasteiger partial charge in [-0.05, 0) is 31.0 Å². The van der Waals surface area contributed by atoms with E-state index in [4.69, 9.17) is 10.2 Å². The molecule has 0 spiro atoms. The monoisotopic (exact) mass is 340 g/mol. The van der Waals surface area contributed by atoms with Crippen LogP contribution in [0.4, 0.5) is 0 Å². The van der Waals surface area contributed by atoms with Crippen molar-refractivity contribution in [2.45, 2.75) is 20.4 Å². The van der Waals surface area contributed by atoms with Crippen LogP contribution in [0.5, 0.6) is 0 Å². The van der Waals surface area contributed by atoms with Crippen molar-refractivity contribution in [1.29, 1.82) is 0 Å². The third kappa shape index (κ3) is 4.71. The molecule has 0 aliphatic rings. The number of hydrogen-bond acceptors (Lipinski definition) is 5. The first kappa shape index (κ1) is 18.3. The molecular weight excluding hydrogens is 316 g/mol. The third-order valence-electron chi connectivity index (χ3n) is 3.72. The van der Waals surface area contributed by atoms with Gasteiger partial charge in [0.2, 0.25) is 0 Å². The zero-order valence-electron chi connectivity index (χ0n) is 14.2. The van der Waals surface area contributed by atoms with Gasteiger partial charge in [-0.3, -0.25) is 10.1 Å². The highest BCUT2D eigenvalue weighted by Crippen LogP contribution is 2.17. The third-order valence-corrected chi connectivity index (χ3v) is 4.03. The summed E-state index contributed by atoms with van der Waals surface area (Å²) in [6.45, 7) is 9.47. The maximum absolute atomic E-state index is 5.45. The molecule has 0 fully saturated rings. The molecule has 0 unspecified atom stereocenters. The van der Waals surface area contributed by atoms with Gasteiger partial charge in [-0.25, -0.2) is 4.72 Å². The van der Waals surface area contributed by atoms with Gasteiger partial charge in [0.05, 0.1) is 5.71 Å². The van der Waals surface area contributed by atoms with E-state index in [0.717, 1.165) is 41.1 Å². The largest absolute Gasteiger partial charge is 0.273 e. The second-order valence-electron chi connectivity index (χ2n) is 5.34. The lowest BCUT2D eigenvalue weighted by molar-refractivity contribution is 0.424. The molecule has 2 rings (SSSR count). The second kappa shape index (κ2) is 9.27. The number of nitrogens with one attached hydrogen (secondary N) is 1. The Morgan fingerprint density at radius 3 is 2.75 bits per heavy atom. The Kier molecular flexibility index (Phi) is 7.06. The van der Waals surface area contributed by atoms with Crippen molar-refractivity contribution in [3.63, 3.8) is 0 Å². The van der Waals surface area contributed by atoms with Gasteiger partial charge in [0.1, 0.15) is 0 Å². The van der Waals surface area contributed by atoms with Gasteiger partial charge >= 0.3 is 0 Å². The summed E-state index contributed by atoms with van der Waals surface area (Å²) in [7, 11) is 0. The van der Waals surface area contributed by atoms with Gasteiger partial charge in [0.25, 0.3) is 0 Å². The van der Waals surface area contributed by atoms with Crippen LogP contribution in [-0.2, 0) is 6.54 Å². The van der Waals surface area contributed by atoms with Crippen LogP contribution in [0, 0.1) is 6.92 Å². The number of nitrogens with zero attached hydrogens (tertiary/aromatic N) is 2. The molecule has 2 aromatic carbocycles. The van der Waals surface area contributed by atoms with E-state index in [1.807, 2.05) is 23.2 Å². The minimum atomic E-state index is 0.703. The summed E-state index contributed by atoms with van der Waals surface area (Å²) in [4.78, 5) is 0. The normalized spacial score (nSPS) is 11.4. The molecule has 2 aromatic rings. The van der Waals surface area contributed by atoms with Crippen molar-refractivity contribution in [1.82, 2.24) is 9.73 Å². The fourth-order valence-electron chi connectivity index (χ4n) is 2.43. The summed E-state index contributed by atoms with van der Waals surface area (Å²) in [5, 5.41) is 12.1. The topological polar surface area (TPSA) is 53.6 Å². The van der Waals surface area contributed by atoms with Gasteiger partial charge in [0, 0.05) is 42.6 Å². The molecule has 4 nitrogen and oxygen atoms in total. The molecule has 126 valence electrons. The SMILES string of the molecule is C=CN(CC)/N=C(/c1cccc(CNSN)c1)c1ccccc1C. The van der Waals surface area contributed by atoms with E-state index < -0.39 is 0 Å². The van der Waals surface area contributed by atoms with Gasteiger partial charge < -0.3 is 0 Å². The molecule has 5 heteroatoms. The number of rotatable bonds is 8. The van der Waals surface area contributed by atoms with Crippen LogP contribution in [0.2, 0.25) is 0 Å². The quantitative estimate of drug-likeness (QED) is 0.436. The van der Waals surface area contributed by atoms with Crippen LogP contribution in [0.25, 0.3) is 0 Å². The Morgan fingerprint density at radius 1 is 1.29 bits per heavy atom. The number of benzene rings is 2. The molecule has 0 amide bonds. The van der Waals surface area contributed by atoms with Crippen LogP contribution < -0.4 is 9.86 Å². The lowest BCUT2D eigenvalue weighted by Crippen LogP contribution is -2.16. The Morgan fingerprint density at radius 2 is 2.08 bits per heavy atom. The summed E-state index contributed by atoms with van der Waals surface area (Å²) in [6.07, 6.45) is 1.74. The Balaban J connectivity index is 2.51. The molecule has 0 saturated heterocycles. The molecule has 0 aromatic heterocycles. The van der Waals surface area contributed by atoms with Gasteiger partial charge in [-0.1, -0.05) is 49.0 Å². The van der Waals surface area contributed by atoms with Crippen molar-refractivity contribution in [2.75, 3.05) is 6.54 Å². The first-order chi connectivity index (χ1) is 11.7. The van der Waals surface area contributed by atoms with Crippen LogP contribution in [-0.4, -0.2) is 17.3 Å². The molecule has 0 atom stereocenters. The zero-order chi connectivity index (χ0) is 17.4. The van der Waals surface area contributed by atoms with E-state index in [1.165, 1.54) is 5.56 Å². The molecule has 24 heavy (non-hydrogen) atoms. The van der Waals surface area contributed by atoms with Crippen LogP contribution in [0.1, 0.15) is 29.2 Å². The highest BCUT2D eigenvalue weighted by atomic mass is 32.2. The minimum Gasteiger partial charge on any atom is -0.273 e. The summed E-state index contributed by atoms with van der Waals surface area (Å²) >= 11 is 1.13. The predicted octanol–water partition coefficient (Wildman–Crippen LogP) is 3.82. The van der Waals surface area contributed by atoms with Gasteiger partial charge in [-0.2, -0.15) is 5.10 Å². The average molecular weight is 340 g/mol. The fourth-order valence-corrected chi connectivity index (χ4v) is 2.68. The standard InChI is InChI=1S/C19H24N4S/c1-4-23(5-2)22-19(18-12-7-6-9-15(18)3)17-11-8-10-16(13-17)14-21-24-20/h4,6-13,21H,1,5,14,20H2,2-3H3/b22-19-. The van der Waals surface area contributed by atoms with E-state index in [1.54, 1.807) is 6.20 Å². The van der Waals surface area contributed by atoms with E-state index in [9.17, 15) is 0 Å². The highest BCUT2D eigenvalue weighted by molar-refractivity contribution is 7.95. The van der Waals surface area contributed by atoms with Crippen molar-refractivity contribution >= 4 is 17.8 Å². The van der Waals surface area contributed by atoms with Crippen LogP contribution in [0.3, 0.4) is 0 Å². The molecule has 0 aliphatic carbocycles. The van der Waals surface area contributed by atoms with Gasteiger partial charge in [0.15, 0.2) is 0 Å². The molecular formula is C19H24N4S. The summed E-state index contributed by atoms with van der Waals surface area (Å²) in [5.41, 5.74) is 5.49. The number of nitrogens with two attached hydrogens (primary N) is 1. The number of aryl methyl sites for hydroxylation is 1. The van der Waals surface area contributed by atoms with E-state index in [-0.39, 0.29) is 0 Å². The molecule has 3 N–H and O–H groups in total. The maximum Gasteiger partial charge on any atom is 0.0982 e. The maximum atomic E-state index is 5.45. The molecule has 0 saturated carbocycles. The summed E-state index contributed by atoms with van der Waals surface area (Å²) < 4.78 is 3.07. The minimum absolute atomic E-state index is 0.703. The predicted molar refractivity (Wildman–Crippen MR) is 104 cm³/mol. The number of hydrogen-bond donors (Lipinski definition) is 2. The molecule has 0 heterocycles. The summed E-state index contributed by atoms with van der Waals surface area (Å²) in [6, 6.07) is 16.6. The first-order valence-electron chi connectivity index (χ1n) is 7.91. The lowest BCUT2D eigenvalue weighted by Gasteiger charge is -2.17. The van der Waals surface area contributed by atoms with Crippen LogP contribution in [0.15, 0.2) is 66.4 Å². The number of hydrazone groups is 1. The zero-order valence-corrected chi connectivity index (χ0v) is 15.0. The highest BCUT2D eigenvalue weighted by Gasteiger charge is 2.11. The van der Waals surface area contributed by atoms with Crippen molar-refractivity contribution < 1.29 is 0 Å². The smallest absolute Gasteiger partial charge is 0.0982 e. The first-order valence-corrected chi connectivity index (χ1v) is 8.79. The molecule has 0 bridgehead atoms. The van der Waals surface area contributed by atoms with E-state index in [2.05, 4.69) is 55.5 Å². The van der Waals surface area contributed by atoms with E-state index in [0.29, 0.717) is 6.54 Å². The molecule has 0 radical (unpaired) electrons. The summed E-state index contributed by atoms with van der Waals surface area (Å²) in [5.74, 6) is 0. The second-order valence-corrected chi connectivity index (χ2v) is 5.87. The van der Waals surface area contributed by atoms with Crippen molar-refractivity contribution in [2.24, 2.45) is 10.2 Å². The Bertz CT molecular complexity index is 712. The van der Waals surface area contributed by atoms with Crippen LogP contribution >= 0.6 is 12.1 Å². The van der Waals surface area contributed by atoms with Crippen molar-refractivity contribution in [3.05, 3.63) is 83.6 Å². The van der Waals surface area contributed by atoms with Gasteiger partial charge in [-0.15, -0.1) is 0 Å². The Hall–Kier alpha value is -2.08. The fraction of sp³-hybridized carbons (Fsp3) is 0.211. The Labute approximate surface area is 148 Å². The molecule has 0 aliphatic heterocycles. The lowest BCUT2D eigenvalue weighted by atomic mass is 9.97. The van der Waals surface area contributed by atoms with E-state index >= 15 is 0 Å². The van der Waals surface area contributed by atoms with Crippen molar-refractivity contribution in [3.8, 4) is 0 Å². The average Bonchev–Trinajstić information content (AvgIpc) is 2.62.